The number of carbonyl (C=O) groups is 1. The highest BCUT2D eigenvalue weighted by Gasteiger charge is 2.14. The van der Waals surface area contributed by atoms with Gasteiger partial charge in [0.25, 0.3) is 0 Å². The Morgan fingerprint density at radius 3 is 2.79 bits per heavy atom. The van der Waals surface area contributed by atoms with Gasteiger partial charge in [0, 0.05) is 11.1 Å². The molecular formula is C15H10ClNO2. The van der Waals surface area contributed by atoms with Crippen LogP contribution in [0.15, 0.2) is 53.1 Å². The molecule has 2 heterocycles. The number of rotatable bonds is 3. The van der Waals surface area contributed by atoms with Gasteiger partial charge in [-0.1, -0.05) is 24.3 Å². The maximum Gasteiger partial charge on any atom is 0.203 e. The third-order valence-corrected chi connectivity index (χ3v) is 3.21. The molecule has 0 saturated carbocycles. The lowest BCUT2D eigenvalue weighted by molar-refractivity contribution is 0.0991. The molecule has 4 heteroatoms. The lowest BCUT2D eigenvalue weighted by Crippen LogP contribution is -2.04. The van der Waals surface area contributed by atoms with Gasteiger partial charge < -0.3 is 4.42 Å². The number of nitrogens with zero attached hydrogens (tertiary/aromatic N) is 1. The summed E-state index contributed by atoms with van der Waals surface area (Å²) in [6.45, 7) is 0. The highest BCUT2D eigenvalue weighted by atomic mass is 35.5. The van der Waals surface area contributed by atoms with Crippen molar-refractivity contribution in [3.8, 4) is 0 Å². The number of hydrogen-bond donors (Lipinski definition) is 0. The summed E-state index contributed by atoms with van der Waals surface area (Å²) in [5.74, 6) is -0.0958. The molecule has 0 aliphatic rings. The molecule has 0 aliphatic heterocycles. The number of benzene rings is 1. The summed E-state index contributed by atoms with van der Waals surface area (Å²) in [6.07, 6.45) is 1.62. The molecule has 2 aromatic heterocycles. The molecule has 0 unspecified atom stereocenters. The van der Waals surface area contributed by atoms with E-state index in [4.69, 9.17) is 16.0 Å². The van der Waals surface area contributed by atoms with E-state index in [-0.39, 0.29) is 17.4 Å². The van der Waals surface area contributed by atoms with E-state index in [2.05, 4.69) is 4.98 Å². The number of furan rings is 1. The maximum atomic E-state index is 12.0. The molecule has 1 aromatic carbocycles. The molecule has 0 atom stereocenters. The van der Waals surface area contributed by atoms with Gasteiger partial charge in [-0.05, 0) is 29.8 Å². The van der Waals surface area contributed by atoms with Gasteiger partial charge in [-0.15, -0.1) is 0 Å². The average molecular weight is 272 g/mol. The summed E-state index contributed by atoms with van der Waals surface area (Å²) < 4.78 is 4.92. The second-order valence-corrected chi connectivity index (χ2v) is 4.55. The van der Waals surface area contributed by atoms with Crippen LogP contribution in [0, 0.1) is 0 Å². The van der Waals surface area contributed by atoms with Crippen molar-refractivity contribution in [2.75, 3.05) is 0 Å². The number of pyridine rings is 1. The number of aromatic nitrogens is 1. The summed E-state index contributed by atoms with van der Waals surface area (Å²) in [5.41, 5.74) is 2.00. The minimum Gasteiger partial charge on any atom is -0.452 e. The van der Waals surface area contributed by atoms with Gasteiger partial charge in [-0.25, -0.2) is 0 Å². The standard InChI is InChI=1S/C15H10ClNO2/c16-15-12(7-8-19-15)14(18)9-11-6-5-10-3-1-2-4-13(10)17-11/h1-8H,9H2. The van der Waals surface area contributed by atoms with Crippen LogP contribution in [0.2, 0.25) is 5.22 Å². The fourth-order valence-electron chi connectivity index (χ4n) is 1.96. The van der Waals surface area contributed by atoms with Gasteiger partial charge in [0.15, 0.2) is 5.78 Å². The smallest absolute Gasteiger partial charge is 0.203 e. The number of hydrogen-bond acceptors (Lipinski definition) is 3. The topological polar surface area (TPSA) is 43.1 Å². The first-order valence-corrected chi connectivity index (χ1v) is 6.23. The van der Waals surface area contributed by atoms with Crippen molar-refractivity contribution in [3.63, 3.8) is 0 Å². The summed E-state index contributed by atoms with van der Waals surface area (Å²) in [4.78, 5) is 16.5. The zero-order chi connectivity index (χ0) is 13.2. The highest BCUT2D eigenvalue weighted by molar-refractivity contribution is 6.32. The van der Waals surface area contributed by atoms with Crippen molar-refractivity contribution in [2.24, 2.45) is 0 Å². The Kier molecular flexibility index (Phi) is 3.05. The SMILES string of the molecule is O=C(Cc1ccc2ccccc2n1)c1ccoc1Cl. The maximum absolute atomic E-state index is 12.0. The molecular weight excluding hydrogens is 262 g/mol. The molecule has 0 aliphatic carbocycles. The van der Waals surface area contributed by atoms with E-state index in [1.54, 1.807) is 6.07 Å². The number of fused-ring (bicyclic) bond motifs is 1. The highest BCUT2D eigenvalue weighted by Crippen LogP contribution is 2.19. The second-order valence-electron chi connectivity index (χ2n) is 4.20. The van der Waals surface area contributed by atoms with Crippen LogP contribution in [-0.2, 0) is 6.42 Å². The van der Waals surface area contributed by atoms with Gasteiger partial charge in [0.05, 0.1) is 23.8 Å². The molecule has 3 rings (SSSR count). The Labute approximate surface area is 114 Å². The van der Waals surface area contributed by atoms with Crippen LogP contribution in [0.25, 0.3) is 10.9 Å². The van der Waals surface area contributed by atoms with Crippen LogP contribution < -0.4 is 0 Å². The van der Waals surface area contributed by atoms with Crippen molar-refractivity contribution >= 4 is 28.3 Å². The number of carbonyl (C=O) groups excluding carboxylic acids is 1. The van der Waals surface area contributed by atoms with Gasteiger partial charge in [-0.2, -0.15) is 0 Å². The van der Waals surface area contributed by atoms with Gasteiger partial charge in [0.1, 0.15) is 0 Å². The van der Waals surface area contributed by atoms with Crippen molar-refractivity contribution in [1.82, 2.24) is 4.98 Å². The molecule has 0 fully saturated rings. The molecule has 0 saturated heterocycles. The largest absolute Gasteiger partial charge is 0.452 e. The van der Waals surface area contributed by atoms with E-state index in [9.17, 15) is 4.79 Å². The third kappa shape index (κ3) is 2.37. The lowest BCUT2D eigenvalue weighted by Gasteiger charge is -2.02. The molecule has 3 aromatic rings. The Morgan fingerprint density at radius 2 is 2.00 bits per heavy atom. The lowest BCUT2D eigenvalue weighted by atomic mass is 10.1. The van der Waals surface area contributed by atoms with E-state index in [0.29, 0.717) is 5.56 Å². The van der Waals surface area contributed by atoms with Crippen LogP contribution in [0.3, 0.4) is 0 Å². The monoisotopic (exact) mass is 271 g/mol. The fraction of sp³-hybridized carbons (Fsp3) is 0.0667. The Balaban J connectivity index is 1.89. The third-order valence-electron chi connectivity index (χ3n) is 2.92. The van der Waals surface area contributed by atoms with E-state index in [0.717, 1.165) is 16.6 Å². The Bertz CT molecular complexity index is 748. The van der Waals surface area contributed by atoms with Crippen molar-refractivity contribution < 1.29 is 9.21 Å². The van der Waals surface area contributed by atoms with Gasteiger partial charge in [0.2, 0.25) is 5.22 Å². The molecule has 0 spiro atoms. The predicted octanol–water partition coefficient (Wildman–Crippen LogP) is 3.91. The first-order valence-electron chi connectivity index (χ1n) is 5.85. The van der Waals surface area contributed by atoms with Crippen molar-refractivity contribution in [3.05, 3.63) is 65.2 Å². The minimum absolute atomic E-state index is 0.0958. The average Bonchev–Trinajstić information content (AvgIpc) is 2.85. The van der Waals surface area contributed by atoms with Gasteiger partial charge >= 0.3 is 0 Å². The predicted molar refractivity (Wildman–Crippen MR) is 73.5 cm³/mol. The zero-order valence-electron chi connectivity index (χ0n) is 9.97. The van der Waals surface area contributed by atoms with Crippen molar-refractivity contribution in [1.29, 1.82) is 0 Å². The van der Waals surface area contributed by atoms with Gasteiger partial charge in [-0.3, -0.25) is 9.78 Å². The Morgan fingerprint density at radius 1 is 1.16 bits per heavy atom. The number of para-hydroxylation sites is 1. The normalized spacial score (nSPS) is 10.8. The first-order chi connectivity index (χ1) is 9.24. The van der Waals surface area contributed by atoms with E-state index >= 15 is 0 Å². The van der Waals surface area contributed by atoms with Crippen molar-refractivity contribution in [2.45, 2.75) is 6.42 Å². The van der Waals surface area contributed by atoms with E-state index < -0.39 is 0 Å². The van der Waals surface area contributed by atoms with Crippen LogP contribution in [0.1, 0.15) is 16.1 Å². The molecule has 19 heavy (non-hydrogen) atoms. The quantitative estimate of drug-likeness (QED) is 0.679. The molecule has 0 radical (unpaired) electrons. The molecule has 94 valence electrons. The number of ketones is 1. The van der Waals surface area contributed by atoms with E-state index in [1.807, 2.05) is 36.4 Å². The van der Waals surface area contributed by atoms with Crippen LogP contribution >= 0.6 is 11.6 Å². The zero-order valence-corrected chi connectivity index (χ0v) is 10.7. The summed E-state index contributed by atoms with van der Waals surface area (Å²) in [6, 6.07) is 13.2. The molecule has 0 amide bonds. The van der Waals surface area contributed by atoms with Crippen LogP contribution in [0.4, 0.5) is 0 Å². The number of Topliss-reactive ketones (excluding diaryl/α,β-unsaturated/α-hetero) is 1. The summed E-state index contributed by atoms with van der Waals surface area (Å²) >= 11 is 5.79. The molecule has 0 bridgehead atoms. The fourth-order valence-corrected chi connectivity index (χ4v) is 2.18. The second kappa shape index (κ2) is 4.86. The van der Waals surface area contributed by atoms with Crippen LogP contribution in [0.5, 0.6) is 0 Å². The van der Waals surface area contributed by atoms with Crippen LogP contribution in [-0.4, -0.2) is 10.8 Å². The Hall–Kier alpha value is -2.13. The van der Waals surface area contributed by atoms with E-state index in [1.165, 1.54) is 6.26 Å². The minimum atomic E-state index is -0.0958. The first kappa shape index (κ1) is 11.9. The number of halogens is 1. The summed E-state index contributed by atoms with van der Waals surface area (Å²) in [7, 11) is 0. The molecule has 3 nitrogen and oxygen atoms in total. The summed E-state index contributed by atoms with van der Waals surface area (Å²) in [5, 5.41) is 1.19. The molecule has 0 N–H and O–H groups in total.